The van der Waals surface area contributed by atoms with Gasteiger partial charge in [0, 0.05) is 23.4 Å². The Balaban J connectivity index is 2.61. The van der Waals surface area contributed by atoms with E-state index in [2.05, 4.69) is 10.0 Å². The van der Waals surface area contributed by atoms with Crippen molar-refractivity contribution in [1.82, 2.24) is 0 Å². The molecule has 5 heteroatoms. The van der Waals surface area contributed by atoms with Crippen LogP contribution in [0.15, 0.2) is 29.4 Å². The highest BCUT2D eigenvalue weighted by Gasteiger charge is 2.04. The lowest BCUT2D eigenvalue weighted by Crippen LogP contribution is -2.00. The predicted molar refractivity (Wildman–Crippen MR) is 56.0 cm³/mol. The Bertz CT molecular complexity index is 380. The van der Waals surface area contributed by atoms with Crippen molar-refractivity contribution in [2.24, 2.45) is 5.11 Å². The summed E-state index contributed by atoms with van der Waals surface area (Å²) in [6.45, 7) is 0.196. The van der Waals surface area contributed by atoms with Crippen molar-refractivity contribution in [1.29, 1.82) is 0 Å². The minimum Gasteiger partial charge on any atom is -0.497 e. The van der Waals surface area contributed by atoms with Crippen LogP contribution in [-0.4, -0.2) is 19.4 Å². The number of ketones is 1. The van der Waals surface area contributed by atoms with E-state index in [1.54, 1.807) is 31.4 Å². The van der Waals surface area contributed by atoms with Crippen LogP contribution in [0.2, 0.25) is 0 Å². The fraction of sp³-hybridized carbons (Fsp3) is 0.300. The van der Waals surface area contributed by atoms with Crippen molar-refractivity contribution in [3.05, 3.63) is 40.3 Å². The first-order valence-electron chi connectivity index (χ1n) is 4.46. The predicted octanol–water partition coefficient (Wildman–Crippen LogP) is 2.58. The van der Waals surface area contributed by atoms with Crippen LogP contribution in [0.1, 0.15) is 16.8 Å². The van der Waals surface area contributed by atoms with E-state index in [0.29, 0.717) is 11.3 Å². The Labute approximate surface area is 87.3 Å². The Morgan fingerprint density at radius 1 is 1.47 bits per heavy atom. The molecule has 1 aromatic carbocycles. The SMILES string of the molecule is COc1ccc(C(=O)CCN=[N+]=[N-])cc1. The van der Waals surface area contributed by atoms with Gasteiger partial charge in [0.1, 0.15) is 5.75 Å². The van der Waals surface area contributed by atoms with Gasteiger partial charge in [-0.3, -0.25) is 4.79 Å². The number of hydrogen-bond donors (Lipinski definition) is 0. The summed E-state index contributed by atoms with van der Waals surface area (Å²) in [5.41, 5.74) is 8.65. The molecule has 0 unspecified atom stereocenters. The number of benzene rings is 1. The van der Waals surface area contributed by atoms with Crippen molar-refractivity contribution in [3.8, 4) is 5.75 Å². The summed E-state index contributed by atoms with van der Waals surface area (Å²) in [5, 5.41) is 3.31. The second-order valence-electron chi connectivity index (χ2n) is 2.86. The van der Waals surface area contributed by atoms with Crippen molar-refractivity contribution in [3.63, 3.8) is 0 Å². The lowest BCUT2D eigenvalue weighted by molar-refractivity contribution is 0.0985. The van der Waals surface area contributed by atoms with Crippen LogP contribution >= 0.6 is 0 Å². The zero-order valence-electron chi connectivity index (χ0n) is 8.38. The molecule has 0 aliphatic carbocycles. The van der Waals surface area contributed by atoms with Crippen LogP contribution in [0, 0.1) is 0 Å². The van der Waals surface area contributed by atoms with E-state index in [9.17, 15) is 4.79 Å². The first-order valence-corrected chi connectivity index (χ1v) is 4.46. The molecule has 15 heavy (non-hydrogen) atoms. The number of Topliss-reactive ketones (excluding diaryl/α,β-unsaturated/α-hetero) is 1. The lowest BCUT2D eigenvalue weighted by atomic mass is 10.1. The van der Waals surface area contributed by atoms with Crippen molar-refractivity contribution < 1.29 is 9.53 Å². The van der Waals surface area contributed by atoms with Crippen LogP contribution in [0.5, 0.6) is 5.75 Å². The molecule has 0 N–H and O–H groups in total. The summed E-state index contributed by atoms with van der Waals surface area (Å²) in [6, 6.07) is 6.83. The third kappa shape index (κ3) is 3.32. The topological polar surface area (TPSA) is 75.1 Å². The smallest absolute Gasteiger partial charge is 0.163 e. The second-order valence-corrected chi connectivity index (χ2v) is 2.86. The van der Waals surface area contributed by atoms with Gasteiger partial charge in [-0.15, -0.1) is 0 Å². The molecule has 0 radical (unpaired) electrons. The molecule has 0 aliphatic heterocycles. The third-order valence-corrected chi connectivity index (χ3v) is 1.91. The fourth-order valence-electron chi connectivity index (χ4n) is 1.12. The summed E-state index contributed by atoms with van der Waals surface area (Å²) in [4.78, 5) is 14.1. The second kappa shape index (κ2) is 5.67. The number of ether oxygens (including phenoxy) is 1. The first-order chi connectivity index (χ1) is 7.27. The monoisotopic (exact) mass is 205 g/mol. The molecule has 78 valence electrons. The van der Waals surface area contributed by atoms with E-state index in [1.807, 2.05) is 0 Å². The molecule has 5 nitrogen and oxygen atoms in total. The number of hydrogen-bond acceptors (Lipinski definition) is 3. The highest BCUT2D eigenvalue weighted by atomic mass is 16.5. The van der Waals surface area contributed by atoms with Crippen LogP contribution in [-0.2, 0) is 0 Å². The molecule has 0 aliphatic rings. The Kier molecular flexibility index (Phi) is 4.19. The molecule has 1 aromatic rings. The van der Waals surface area contributed by atoms with Gasteiger partial charge in [-0.25, -0.2) is 0 Å². The zero-order chi connectivity index (χ0) is 11.1. The van der Waals surface area contributed by atoms with Crippen molar-refractivity contribution in [2.75, 3.05) is 13.7 Å². The largest absolute Gasteiger partial charge is 0.497 e. The molecule has 0 atom stereocenters. The Morgan fingerprint density at radius 3 is 2.67 bits per heavy atom. The van der Waals surface area contributed by atoms with Gasteiger partial charge < -0.3 is 4.74 Å². The summed E-state index contributed by atoms with van der Waals surface area (Å²) < 4.78 is 4.97. The maximum atomic E-state index is 11.5. The summed E-state index contributed by atoms with van der Waals surface area (Å²) in [7, 11) is 1.57. The molecule has 0 saturated heterocycles. The van der Waals surface area contributed by atoms with E-state index < -0.39 is 0 Å². The molecule has 0 bridgehead atoms. The molecule has 0 amide bonds. The number of carbonyl (C=O) groups excluding carboxylic acids is 1. The number of nitrogens with zero attached hydrogens (tertiary/aromatic N) is 3. The lowest BCUT2D eigenvalue weighted by Gasteiger charge is -2.01. The first kappa shape index (κ1) is 11.1. The molecule has 0 aromatic heterocycles. The maximum Gasteiger partial charge on any atom is 0.163 e. The molecule has 0 fully saturated rings. The van der Waals surface area contributed by atoms with Crippen LogP contribution in [0.3, 0.4) is 0 Å². The standard InChI is InChI=1S/C10H11N3O2/c1-15-9-4-2-8(3-5-9)10(14)6-7-12-13-11/h2-5H,6-7H2,1H3. The summed E-state index contributed by atoms with van der Waals surface area (Å²) in [5.74, 6) is 0.673. The zero-order valence-corrected chi connectivity index (χ0v) is 8.38. The van der Waals surface area contributed by atoms with Gasteiger partial charge in [-0.05, 0) is 29.8 Å². The molecular weight excluding hydrogens is 194 g/mol. The summed E-state index contributed by atoms with van der Waals surface area (Å²) >= 11 is 0. The Morgan fingerprint density at radius 2 is 2.13 bits per heavy atom. The van der Waals surface area contributed by atoms with E-state index >= 15 is 0 Å². The number of carbonyl (C=O) groups is 1. The van der Waals surface area contributed by atoms with Gasteiger partial charge in [-0.2, -0.15) is 0 Å². The molecule has 0 spiro atoms. The van der Waals surface area contributed by atoms with Gasteiger partial charge in [0.25, 0.3) is 0 Å². The molecule has 0 heterocycles. The van der Waals surface area contributed by atoms with Gasteiger partial charge in [0.05, 0.1) is 7.11 Å². The highest BCUT2D eigenvalue weighted by Crippen LogP contribution is 2.12. The minimum absolute atomic E-state index is 0.0370. The number of rotatable bonds is 5. The minimum atomic E-state index is -0.0370. The Hall–Kier alpha value is -2.00. The van der Waals surface area contributed by atoms with Gasteiger partial charge in [-0.1, -0.05) is 5.11 Å². The number of methoxy groups -OCH3 is 1. The molecular formula is C10H11N3O2. The van der Waals surface area contributed by atoms with Crippen LogP contribution < -0.4 is 4.74 Å². The third-order valence-electron chi connectivity index (χ3n) is 1.91. The van der Waals surface area contributed by atoms with Crippen molar-refractivity contribution >= 4 is 5.78 Å². The van der Waals surface area contributed by atoms with Gasteiger partial charge in [0.2, 0.25) is 0 Å². The normalized spacial score (nSPS) is 9.13. The van der Waals surface area contributed by atoms with Gasteiger partial charge in [0.15, 0.2) is 5.78 Å². The van der Waals surface area contributed by atoms with E-state index in [-0.39, 0.29) is 18.7 Å². The summed E-state index contributed by atoms with van der Waals surface area (Å²) in [6.07, 6.45) is 0.233. The van der Waals surface area contributed by atoms with Crippen LogP contribution in [0.4, 0.5) is 0 Å². The average molecular weight is 205 g/mol. The average Bonchev–Trinajstić information content (AvgIpc) is 2.29. The molecule has 0 saturated carbocycles. The maximum absolute atomic E-state index is 11.5. The van der Waals surface area contributed by atoms with Crippen molar-refractivity contribution in [2.45, 2.75) is 6.42 Å². The number of azide groups is 1. The van der Waals surface area contributed by atoms with E-state index in [1.165, 1.54) is 0 Å². The highest BCUT2D eigenvalue weighted by molar-refractivity contribution is 5.96. The quantitative estimate of drug-likeness (QED) is 0.320. The van der Waals surface area contributed by atoms with Gasteiger partial charge >= 0.3 is 0 Å². The van der Waals surface area contributed by atoms with E-state index in [0.717, 1.165) is 0 Å². The van der Waals surface area contributed by atoms with E-state index in [4.69, 9.17) is 10.3 Å². The van der Waals surface area contributed by atoms with Crippen LogP contribution in [0.25, 0.3) is 10.4 Å². The molecule has 1 rings (SSSR count). The fourth-order valence-corrected chi connectivity index (χ4v) is 1.12.